The smallest absolute Gasteiger partial charge is 0.300 e. The summed E-state index contributed by atoms with van der Waals surface area (Å²) in [5, 5.41) is 11.7. The lowest BCUT2D eigenvalue weighted by Crippen LogP contribution is -2.29. The number of benzene rings is 3. The first-order valence-corrected chi connectivity index (χ1v) is 12.9. The minimum atomic E-state index is -0.818. The number of nitrogens with zero attached hydrogens (tertiary/aromatic N) is 1. The number of aryl methyl sites for hydroxylation is 1. The van der Waals surface area contributed by atoms with Gasteiger partial charge in [0.05, 0.1) is 25.3 Å². The zero-order valence-electron chi connectivity index (χ0n) is 22.9. The van der Waals surface area contributed by atoms with Crippen LogP contribution in [0.2, 0.25) is 0 Å². The first-order chi connectivity index (χ1) is 18.1. The molecule has 3 aromatic rings. The Morgan fingerprint density at radius 2 is 1.58 bits per heavy atom. The van der Waals surface area contributed by atoms with Gasteiger partial charge in [-0.2, -0.15) is 0 Å². The summed E-state index contributed by atoms with van der Waals surface area (Å²) in [5.41, 5.74) is 3.49. The molecule has 1 amide bonds. The fraction of sp³-hybridized carbons (Fsp3) is 0.312. The number of amides is 1. The second kappa shape index (κ2) is 10.7. The summed E-state index contributed by atoms with van der Waals surface area (Å²) in [4.78, 5) is 28.5. The Kier molecular flexibility index (Phi) is 7.63. The highest BCUT2D eigenvalue weighted by Gasteiger charge is 2.47. The molecule has 198 valence electrons. The number of carbonyl (C=O) groups is 2. The van der Waals surface area contributed by atoms with Crippen LogP contribution >= 0.6 is 0 Å². The zero-order chi connectivity index (χ0) is 27.6. The Bertz CT molecular complexity index is 1360. The minimum absolute atomic E-state index is 0.0576. The van der Waals surface area contributed by atoms with Crippen LogP contribution in [0.1, 0.15) is 62.4 Å². The number of hydrogen-bond donors (Lipinski definition) is 1. The molecule has 38 heavy (non-hydrogen) atoms. The number of hydrogen-bond acceptors (Lipinski definition) is 5. The quantitative estimate of drug-likeness (QED) is 0.216. The third-order valence-corrected chi connectivity index (χ3v) is 6.82. The summed E-state index contributed by atoms with van der Waals surface area (Å²) < 4.78 is 11.0. The summed E-state index contributed by atoms with van der Waals surface area (Å²) in [6, 6.07) is 19.3. The number of ketones is 1. The van der Waals surface area contributed by atoms with Crippen LogP contribution in [0.3, 0.4) is 0 Å². The molecule has 1 heterocycles. The van der Waals surface area contributed by atoms with Crippen molar-refractivity contribution in [3.05, 3.63) is 94.6 Å². The molecular formula is C32H35NO5. The topological polar surface area (TPSA) is 76.1 Å². The van der Waals surface area contributed by atoms with Crippen molar-refractivity contribution in [1.29, 1.82) is 0 Å². The molecule has 0 radical (unpaired) electrons. The molecule has 0 saturated carbocycles. The standard InChI is InChI=1S/C32H35NO5/c1-7-18-38-25-14-9-21(10-15-25)28-27(29(34)26-19-22(32(3,4)5)11-8-20(26)2)30(35)31(36)33(28)23-12-16-24(37-6)17-13-23/h8-17,19,28,34H,7,18H2,1-6H3/b29-27+. The molecule has 1 aliphatic rings. The van der Waals surface area contributed by atoms with Gasteiger partial charge in [-0.25, -0.2) is 0 Å². The van der Waals surface area contributed by atoms with E-state index in [0.29, 0.717) is 34.9 Å². The van der Waals surface area contributed by atoms with Gasteiger partial charge in [0.2, 0.25) is 0 Å². The number of carbonyl (C=O) groups excluding carboxylic acids is 2. The molecule has 4 rings (SSSR count). The largest absolute Gasteiger partial charge is 0.507 e. The van der Waals surface area contributed by atoms with Crippen LogP contribution < -0.4 is 14.4 Å². The van der Waals surface area contributed by atoms with Gasteiger partial charge in [0.1, 0.15) is 17.3 Å². The van der Waals surface area contributed by atoms with Crippen LogP contribution in [0.25, 0.3) is 5.76 Å². The molecular weight excluding hydrogens is 478 g/mol. The lowest BCUT2D eigenvalue weighted by atomic mass is 9.84. The van der Waals surface area contributed by atoms with E-state index < -0.39 is 17.7 Å². The van der Waals surface area contributed by atoms with Crippen LogP contribution in [0.15, 0.2) is 72.3 Å². The van der Waals surface area contributed by atoms with Gasteiger partial charge in [-0.1, -0.05) is 52.0 Å². The van der Waals surface area contributed by atoms with E-state index >= 15 is 0 Å². The molecule has 0 bridgehead atoms. The fourth-order valence-electron chi connectivity index (χ4n) is 4.61. The normalized spacial score (nSPS) is 17.1. The molecule has 0 aromatic heterocycles. The molecule has 0 spiro atoms. The number of aliphatic hydroxyl groups excluding tert-OH is 1. The maximum absolute atomic E-state index is 13.6. The van der Waals surface area contributed by atoms with E-state index in [2.05, 4.69) is 20.8 Å². The van der Waals surface area contributed by atoms with Crippen molar-refractivity contribution in [1.82, 2.24) is 0 Å². The third-order valence-electron chi connectivity index (χ3n) is 6.82. The van der Waals surface area contributed by atoms with Crippen molar-refractivity contribution in [2.24, 2.45) is 0 Å². The van der Waals surface area contributed by atoms with Gasteiger partial charge in [-0.3, -0.25) is 14.5 Å². The lowest BCUT2D eigenvalue weighted by molar-refractivity contribution is -0.132. The minimum Gasteiger partial charge on any atom is -0.507 e. The Morgan fingerprint density at radius 1 is 0.947 bits per heavy atom. The van der Waals surface area contributed by atoms with Crippen LogP contribution in [0, 0.1) is 6.92 Å². The van der Waals surface area contributed by atoms with E-state index in [0.717, 1.165) is 17.5 Å². The zero-order valence-corrected chi connectivity index (χ0v) is 22.9. The molecule has 0 aliphatic carbocycles. The average Bonchev–Trinajstić information content (AvgIpc) is 3.17. The van der Waals surface area contributed by atoms with Gasteiger partial charge in [0, 0.05) is 11.3 Å². The van der Waals surface area contributed by atoms with Crippen molar-refractivity contribution in [2.75, 3.05) is 18.6 Å². The maximum Gasteiger partial charge on any atom is 0.300 e. The van der Waals surface area contributed by atoms with E-state index in [-0.39, 0.29) is 16.7 Å². The van der Waals surface area contributed by atoms with Gasteiger partial charge in [0.25, 0.3) is 11.7 Å². The summed E-state index contributed by atoms with van der Waals surface area (Å²) >= 11 is 0. The number of rotatable bonds is 7. The van der Waals surface area contributed by atoms with Crippen molar-refractivity contribution in [3.63, 3.8) is 0 Å². The van der Waals surface area contributed by atoms with Crippen LogP contribution in [0.4, 0.5) is 5.69 Å². The van der Waals surface area contributed by atoms with Gasteiger partial charge in [-0.05, 0) is 77.9 Å². The molecule has 1 fully saturated rings. The predicted octanol–water partition coefficient (Wildman–Crippen LogP) is 6.72. The highest BCUT2D eigenvalue weighted by molar-refractivity contribution is 6.51. The highest BCUT2D eigenvalue weighted by Crippen LogP contribution is 2.43. The summed E-state index contributed by atoms with van der Waals surface area (Å²) in [5.74, 6) is -0.272. The van der Waals surface area contributed by atoms with Gasteiger partial charge >= 0.3 is 0 Å². The van der Waals surface area contributed by atoms with Crippen molar-refractivity contribution in [2.45, 2.75) is 52.5 Å². The molecule has 3 aromatic carbocycles. The second-order valence-corrected chi connectivity index (χ2v) is 10.6. The van der Waals surface area contributed by atoms with Gasteiger partial charge in [0.15, 0.2) is 0 Å². The summed E-state index contributed by atoms with van der Waals surface area (Å²) in [6.45, 7) is 10.8. The first kappa shape index (κ1) is 27.0. The van der Waals surface area contributed by atoms with Crippen LogP contribution in [0.5, 0.6) is 11.5 Å². The van der Waals surface area contributed by atoms with Crippen molar-refractivity contribution < 1.29 is 24.2 Å². The van der Waals surface area contributed by atoms with Crippen molar-refractivity contribution in [3.8, 4) is 11.5 Å². The molecule has 1 atom stereocenters. The number of anilines is 1. The molecule has 1 unspecified atom stereocenters. The predicted molar refractivity (Wildman–Crippen MR) is 150 cm³/mol. The second-order valence-electron chi connectivity index (χ2n) is 10.6. The molecule has 1 saturated heterocycles. The summed E-state index contributed by atoms with van der Waals surface area (Å²) in [7, 11) is 1.57. The Balaban J connectivity index is 1.91. The molecule has 1 N–H and O–H groups in total. The number of aliphatic hydroxyl groups is 1. The fourth-order valence-corrected chi connectivity index (χ4v) is 4.61. The van der Waals surface area contributed by atoms with E-state index in [1.165, 1.54) is 4.90 Å². The SMILES string of the molecule is CCCOc1ccc(C2/C(=C(\O)c3cc(C(C)(C)C)ccc3C)C(=O)C(=O)N2c2ccc(OC)cc2)cc1. The van der Waals surface area contributed by atoms with E-state index in [1.54, 1.807) is 31.4 Å². The maximum atomic E-state index is 13.6. The Labute approximate surface area is 224 Å². The first-order valence-electron chi connectivity index (χ1n) is 12.9. The van der Waals surface area contributed by atoms with E-state index in [9.17, 15) is 14.7 Å². The third kappa shape index (κ3) is 5.17. The summed E-state index contributed by atoms with van der Waals surface area (Å²) in [6.07, 6.45) is 0.881. The Morgan fingerprint density at radius 3 is 2.16 bits per heavy atom. The average molecular weight is 514 g/mol. The Hall–Kier alpha value is -4.06. The highest BCUT2D eigenvalue weighted by atomic mass is 16.5. The lowest BCUT2D eigenvalue weighted by Gasteiger charge is -2.26. The van der Waals surface area contributed by atoms with Crippen LogP contribution in [-0.2, 0) is 15.0 Å². The monoisotopic (exact) mass is 513 g/mol. The van der Waals surface area contributed by atoms with Crippen LogP contribution in [-0.4, -0.2) is 30.5 Å². The number of Topliss-reactive ketones (excluding diaryl/α,β-unsaturated/α-hetero) is 1. The number of ether oxygens (including phenoxy) is 2. The van der Waals surface area contributed by atoms with Gasteiger partial charge < -0.3 is 14.6 Å². The molecule has 1 aliphatic heterocycles. The van der Waals surface area contributed by atoms with Crippen molar-refractivity contribution >= 4 is 23.1 Å². The van der Waals surface area contributed by atoms with E-state index in [1.807, 2.05) is 56.3 Å². The van der Waals surface area contributed by atoms with Gasteiger partial charge in [-0.15, -0.1) is 0 Å². The van der Waals surface area contributed by atoms with E-state index in [4.69, 9.17) is 9.47 Å². The molecule has 6 heteroatoms. The molecule has 6 nitrogen and oxygen atoms in total. The number of methoxy groups -OCH3 is 1.